The van der Waals surface area contributed by atoms with Crippen LogP contribution in [0.5, 0.6) is 5.75 Å². The van der Waals surface area contributed by atoms with E-state index in [-0.39, 0.29) is 11.7 Å². The van der Waals surface area contributed by atoms with Gasteiger partial charge in [0, 0.05) is 17.8 Å². The van der Waals surface area contributed by atoms with Crippen molar-refractivity contribution in [2.24, 2.45) is 7.05 Å². The molecule has 0 aliphatic carbocycles. The number of nitrogens with zero attached hydrogens (tertiary/aromatic N) is 3. The molecule has 1 N–H and O–H groups in total. The minimum atomic E-state index is -0.133. The molecular weight excluding hydrogens is 408 g/mol. The molecule has 152 valence electrons. The Hall–Kier alpha value is -2.51. The van der Waals surface area contributed by atoms with E-state index >= 15 is 0 Å². The Balaban J connectivity index is 1.56. The SMILES string of the molecule is Cc1ccc(NC(=O)CSc2nnc(COc3c(C)cccc3C)n2C)cc1Cl. The van der Waals surface area contributed by atoms with E-state index < -0.39 is 0 Å². The molecule has 0 bridgehead atoms. The first-order chi connectivity index (χ1) is 13.8. The van der Waals surface area contributed by atoms with E-state index in [1.807, 2.05) is 62.7 Å². The van der Waals surface area contributed by atoms with Crippen LogP contribution in [-0.2, 0) is 18.4 Å². The molecular formula is C21H23ClN4O2S. The third-order valence-electron chi connectivity index (χ3n) is 4.47. The van der Waals surface area contributed by atoms with Crippen LogP contribution in [0.3, 0.4) is 0 Å². The zero-order valence-corrected chi connectivity index (χ0v) is 18.4. The molecule has 3 rings (SSSR count). The number of amides is 1. The van der Waals surface area contributed by atoms with Gasteiger partial charge in [0.05, 0.1) is 5.75 Å². The number of para-hydroxylation sites is 1. The number of hydrogen-bond donors (Lipinski definition) is 1. The highest BCUT2D eigenvalue weighted by molar-refractivity contribution is 7.99. The lowest BCUT2D eigenvalue weighted by atomic mass is 10.1. The van der Waals surface area contributed by atoms with E-state index in [0.29, 0.717) is 28.3 Å². The van der Waals surface area contributed by atoms with Crippen LogP contribution >= 0.6 is 23.4 Å². The normalized spacial score (nSPS) is 10.8. The van der Waals surface area contributed by atoms with Crippen LogP contribution in [0.1, 0.15) is 22.5 Å². The molecule has 3 aromatic rings. The Morgan fingerprint density at radius 3 is 2.55 bits per heavy atom. The summed E-state index contributed by atoms with van der Waals surface area (Å²) >= 11 is 7.42. The van der Waals surface area contributed by atoms with Crippen LogP contribution in [0.4, 0.5) is 5.69 Å². The summed E-state index contributed by atoms with van der Waals surface area (Å²) in [4.78, 5) is 12.2. The van der Waals surface area contributed by atoms with Gasteiger partial charge in [0.25, 0.3) is 0 Å². The molecule has 0 saturated heterocycles. The van der Waals surface area contributed by atoms with Gasteiger partial charge in [0.15, 0.2) is 11.0 Å². The van der Waals surface area contributed by atoms with Gasteiger partial charge in [0.1, 0.15) is 12.4 Å². The first-order valence-corrected chi connectivity index (χ1v) is 10.5. The second kappa shape index (κ2) is 9.33. The zero-order valence-electron chi connectivity index (χ0n) is 16.8. The lowest BCUT2D eigenvalue weighted by Crippen LogP contribution is -2.14. The Bertz CT molecular complexity index is 1020. The van der Waals surface area contributed by atoms with Crippen molar-refractivity contribution in [3.63, 3.8) is 0 Å². The minimum absolute atomic E-state index is 0.133. The molecule has 0 saturated carbocycles. The van der Waals surface area contributed by atoms with Crippen molar-refractivity contribution >= 4 is 35.0 Å². The molecule has 8 heteroatoms. The van der Waals surface area contributed by atoms with E-state index in [9.17, 15) is 4.79 Å². The Kier molecular flexibility index (Phi) is 6.82. The summed E-state index contributed by atoms with van der Waals surface area (Å²) in [5, 5.41) is 12.5. The summed E-state index contributed by atoms with van der Waals surface area (Å²) in [7, 11) is 1.86. The van der Waals surface area contributed by atoms with Crippen LogP contribution in [0.25, 0.3) is 0 Å². The summed E-state index contributed by atoms with van der Waals surface area (Å²) < 4.78 is 7.79. The summed E-state index contributed by atoms with van der Waals surface area (Å²) in [5.74, 6) is 1.64. The lowest BCUT2D eigenvalue weighted by molar-refractivity contribution is -0.113. The first-order valence-electron chi connectivity index (χ1n) is 9.11. The van der Waals surface area contributed by atoms with E-state index in [1.54, 1.807) is 6.07 Å². The highest BCUT2D eigenvalue weighted by atomic mass is 35.5. The number of thioether (sulfide) groups is 1. The largest absolute Gasteiger partial charge is 0.485 e. The van der Waals surface area contributed by atoms with Crippen molar-refractivity contribution in [1.29, 1.82) is 0 Å². The molecule has 0 aliphatic heterocycles. The average molecular weight is 431 g/mol. The lowest BCUT2D eigenvalue weighted by Gasteiger charge is -2.11. The number of carbonyl (C=O) groups is 1. The maximum atomic E-state index is 12.2. The standard InChI is InChI=1S/C21H23ClN4O2S/c1-13-8-9-16(10-17(13)22)23-19(27)12-29-21-25-24-18(26(21)4)11-28-20-14(2)6-5-7-15(20)3/h5-10H,11-12H2,1-4H3,(H,23,27). The van der Waals surface area contributed by atoms with Gasteiger partial charge in [-0.05, 0) is 49.6 Å². The fourth-order valence-corrected chi connectivity index (χ4v) is 3.67. The molecule has 6 nitrogen and oxygen atoms in total. The topological polar surface area (TPSA) is 69.0 Å². The fraction of sp³-hybridized carbons (Fsp3) is 0.286. The molecule has 1 heterocycles. The van der Waals surface area contributed by atoms with Crippen molar-refractivity contribution in [3.05, 3.63) is 63.9 Å². The zero-order chi connectivity index (χ0) is 21.0. The van der Waals surface area contributed by atoms with Gasteiger partial charge in [-0.1, -0.05) is 47.6 Å². The maximum Gasteiger partial charge on any atom is 0.234 e. The minimum Gasteiger partial charge on any atom is -0.485 e. The quantitative estimate of drug-likeness (QED) is 0.550. The number of rotatable bonds is 7. The number of halogens is 1. The van der Waals surface area contributed by atoms with Gasteiger partial charge >= 0.3 is 0 Å². The van der Waals surface area contributed by atoms with E-state index in [4.69, 9.17) is 16.3 Å². The molecule has 1 amide bonds. The Labute approximate surface area is 179 Å². The van der Waals surface area contributed by atoms with Crippen molar-refractivity contribution < 1.29 is 9.53 Å². The van der Waals surface area contributed by atoms with Crippen LogP contribution in [-0.4, -0.2) is 26.4 Å². The molecule has 2 aromatic carbocycles. The van der Waals surface area contributed by atoms with Crippen LogP contribution < -0.4 is 10.1 Å². The van der Waals surface area contributed by atoms with Gasteiger partial charge < -0.3 is 14.6 Å². The number of hydrogen-bond acceptors (Lipinski definition) is 5. The van der Waals surface area contributed by atoms with Crippen LogP contribution in [0, 0.1) is 20.8 Å². The van der Waals surface area contributed by atoms with Gasteiger partial charge in [-0.2, -0.15) is 0 Å². The fourth-order valence-electron chi connectivity index (χ4n) is 2.76. The van der Waals surface area contributed by atoms with Gasteiger partial charge in [-0.25, -0.2) is 0 Å². The summed E-state index contributed by atoms with van der Waals surface area (Å²) in [6.07, 6.45) is 0. The predicted molar refractivity (Wildman–Crippen MR) is 117 cm³/mol. The molecule has 0 atom stereocenters. The predicted octanol–water partition coefficient (Wildman–Crippen LogP) is 4.70. The molecule has 0 unspecified atom stereocenters. The van der Waals surface area contributed by atoms with Crippen LogP contribution in [0.15, 0.2) is 41.6 Å². The summed E-state index contributed by atoms with van der Waals surface area (Å²) in [5.41, 5.74) is 3.80. The molecule has 0 aliphatic rings. The third-order valence-corrected chi connectivity index (χ3v) is 5.89. The average Bonchev–Trinajstić information content (AvgIpc) is 3.02. The third kappa shape index (κ3) is 5.31. The first kappa shape index (κ1) is 21.2. The molecule has 1 aromatic heterocycles. The number of aromatic nitrogens is 3. The van der Waals surface area contributed by atoms with Crippen LogP contribution in [0.2, 0.25) is 5.02 Å². The van der Waals surface area contributed by atoms with Gasteiger partial charge in [-0.3, -0.25) is 4.79 Å². The molecule has 29 heavy (non-hydrogen) atoms. The summed E-state index contributed by atoms with van der Waals surface area (Å²) in [6, 6.07) is 11.5. The molecule has 0 spiro atoms. The number of aryl methyl sites for hydroxylation is 3. The second-order valence-electron chi connectivity index (χ2n) is 6.77. The van der Waals surface area contributed by atoms with Crippen molar-refractivity contribution in [3.8, 4) is 5.75 Å². The molecule has 0 radical (unpaired) electrons. The monoisotopic (exact) mass is 430 g/mol. The number of ether oxygens (including phenoxy) is 1. The number of benzene rings is 2. The number of nitrogens with one attached hydrogen (secondary N) is 1. The number of carbonyl (C=O) groups excluding carboxylic acids is 1. The highest BCUT2D eigenvalue weighted by Crippen LogP contribution is 2.24. The Morgan fingerprint density at radius 1 is 1.14 bits per heavy atom. The smallest absolute Gasteiger partial charge is 0.234 e. The summed E-state index contributed by atoms with van der Waals surface area (Å²) in [6.45, 7) is 6.25. The van der Waals surface area contributed by atoms with Crippen molar-refractivity contribution in [2.45, 2.75) is 32.5 Å². The van der Waals surface area contributed by atoms with Gasteiger partial charge in [-0.15, -0.1) is 10.2 Å². The van der Waals surface area contributed by atoms with E-state index in [2.05, 4.69) is 15.5 Å². The van der Waals surface area contributed by atoms with Crippen molar-refractivity contribution in [1.82, 2.24) is 14.8 Å². The Morgan fingerprint density at radius 2 is 1.86 bits per heavy atom. The van der Waals surface area contributed by atoms with E-state index in [1.165, 1.54) is 11.8 Å². The second-order valence-corrected chi connectivity index (χ2v) is 8.12. The van der Waals surface area contributed by atoms with Gasteiger partial charge in [0.2, 0.25) is 5.91 Å². The number of anilines is 1. The highest BCUT2D eigenvalue weighted by Gasteiger charge is 2.13. The maximum absolute atomic E-state index is 12.2. The van der Waals surface area contributed by atoms with E-state index in [0.717, 1.165) is 22.4 Å². The molecule has 0 fully saturated rings. The van der Waals surface area contributed by atoms with Crippen molar-refractivity contribution in [2.75, 3.05) is 11.1 Å².